The van der Waals surface area contributed by atoms with Crippen molar-refractivity contribution in [3.8, 4) is 11.5 Å². The number of hydrogen-bond donors (Lipinski definition) is 1. The molecule has 0 bridgehead atoms. The first-order chi connectivity index (χ1) is 6.29. The first kappa shape index (κ1) is 8.25. The number of H-pyrrole nitrogens is 1. The molecule has 0 aliphatic heterocycles. The molecule has 0 radical (unpaired) electrons. The molecular formula is C8H5BrN2O2. The van der Waals surface area contributed by atoms with E-state index in [1.807, 2.05) is 0 Å². The number of aldehydes is 1. The molecule has 2 aromatic heterocycles. The zero-order chi connectivity index (χ0) is 9.26. The summed E-state index contributed by atoms with van der Waals surface area (Å²) in [5.74, 6) is 0.622. The summed E-state index contributed by atoms with van der Waals surface area (Å²) in [6.45, 7) is 0. The number of nitrogens with one attached hydrogen (secondary N) is 1. The molecule has 0 fully saturated rings. The smallest absolute Gasteiger partial charge is 0.169 e. The van der Waals surface area contributed by atoms with Crippen molar-refractivity contribution >= 4 is 22.2 Å². The lowest BCUT2D eigenvalue weighted by atomic mass is 10.3. The molecule has 0 saturated carbocycles. The van der Waals surface area contributed by atoms with Crippen molar-refractivity contribution in [2.45, 2.75) is 0 Å². The third kappa shape index (κ3) is 1.55. The molecule has 66 valence electrons. The average molecular weight is 241 g/mol. The number of carbonyl (C=O) groups excluding carboxylic acids is 1. The van der Waals surface area contributed by atoms with Crippen LogP contribution in [-0.2, 0) is 0 Å². The van der Waals surface area contributed by atoms with Gasteiger partial charge in [0.25, 0.3) is 0 Å². The molecule has 0 amide bonds. The maximum absolute atomic E-state index is 10.3. The third-order valence-electron chi connectivity index (χ3n) is 1.55. The second-order valence-electron chi connectivity index (χ2n) is 2.43. The predicted octanol–water partition coefficient (Wildman–Crippen LogP) is 2.24. The molecule has 0 aromatic carbocycles. The monoisotopic (exact) mass is 240 g/mol. The fourth-order valence-corrected chi connectivity index (χ4v) is 1.28. The Morgan fingerprint density at radius 2 is 2.38 bits per heavy atom. The van der Waals surface area contributed by atoms with E-state index in [-0.39, 0.29) is 0 Å². The van der Waals surface area contributed by atoms with E-state index in [0.717, 1.165) is 0 Å². The van der Waals surface area contributed by atoms with Gasteiger partial charge in [-0.05, 0) is 34.1 Å². The van der Waals surface area contributed by atoms with Gasteiger partial charge in [-0.3, -0.25) is 9.89 Å². The van der Waals surface area contributed by atoms with Crippen LogP contribution in [0, 0.1) is 0 Å². The Balaban J connectivity index is 2.40. The molecule has 0 spiro atoms. The van der Waals surface area contributed by atoms with Gasteiger partial charge in [-0.2, -0.15) is 5.10 Å². The van der Waals surface area contributed by atoms with Gasteiger partial charge in [-0.25, -0.2) is 0 Å². The molecule has 0 saturated heterocycles. The molecule has 4 nitrogen and oxygen atoms in total. The Morgan fingerprint density at radius 3 is 2.92 bits per heavy atom. The lowest BCUT2D eigenvalue weighted by molar-refractivity contribution is 0.111. The summed E-state index contributed by atoms with van der Waals surface area (Å²) in [5.41, 5.74) is 1.05. The standard InChI is InChI=1S/C8H5BrN2O2/c9-8-2-1-7(13-8)6-3-5(4-12)10-11-6/h1-4H,(H,10,11). The van der Waals surface area contributed by atoms with Crippen molar-refractivity contribution in [2.24, 2.45) is 0 Å². The zero-order valence-electron chi connectivity index (χ0n) is 6.45. The molecule has 2 rings (SSSR count). The van der Waals surface area contributed by atoms with E-state index in [2.05, 4.69) is 26.1 Å². The normalized spacial score (nSPS) is 10.2. The number of rotatable bonds is 2. The van der Waals surface area contributed by atoms with Gasteiger partial charge in [0.1, 0.15) is 5.69 Å². The summed E-state index contributed by atoms with van der Waals surface area (Å²) in [5, 5.41) is 6.47. The third-order valence-corrected chi connectivity index (χ3v) is 1.98. The summed E-state index contributed by atoms with van der Waals surface area (Å²) in [7, 11) is 0. The topological polar surface area (TPSA) is 58.9 Å². The highest BCUT2D eigenvalue weighted by molar-refractivity contribution is 9.10. The highest BCUT2D eigenvalue weighted by atomic mass is 79.9. The van der Waals surface area contributed by atoms with Gasteiger partial charge in [-0.15, -0.1) is 0 Å². The minimum absolute atomic E-state index is 0.433. The van der Waals surface area contributed by atoms with E-state index >= 15 is 0 Å². The number of furan rings is 1. The van der Waals surface area contributed by atoms with Crippen molar-refractivity contribution < 1.29 is 9.21 Å². The Kier molecular flexibility index (Phi) is 2.02. The molecule has 0 atom stereocenters. The molecule has 5 heteroatoms. The van der Waals surface area contributed by atoms with Crippen molar-refractivity contribution in [1.82, 2.24) is 10.2 Å². The van der Waals surface area contributed by atoms with Crippen LogP contribution in [0.2, 0.25) is 0 Å². The molecule has 2 heterocycles. The fourth-order valence-electron chi connectivity index (χ4n) is 0.975. The maximum Gasteiger partial charge on any atom is 0.169 e. The second kappa shape index (κ2) is 3.18. The van der Waals surface area contributed by atoms with E-state index in [0.29, 0.717) is 28.1 Å². The number of carbonyl (C=O) groups is 1. The van der Waals surface area contributed by atoms with Crippen molar-refractivity contribution in [3.05, 3.63) is 28.6 Å². The summed E-state index contributed by atoms with van der Waals surface area (Å²) in [4.78, 5) is 10.3. The highest BCUT2D eigenvalue weighted by Crippen LogP contribution is 2.23. The fraction of sp³-hybridized carbons (Fsp3) is 0. The molecule has 1 N–H and O–H groups in total. The number of nitrogens with zero attached hydrogens (tertiary/aromatic N) is 1. The minimum Gasteiger partial charge on any atom is -0.448 e. The first-order valence-electron chi connectivity index (χ1n) is 3.56. The molecule has 0 unspecified atom stereocenters. The molecule has 2 aromatic rings. The summed E-state index contributed by atoms with van der Waals surface area (Å²) in [6, 6.07) is 5.16. The van der Waals surface area contributed by atoms with Crippen LogP contribution in [0.25, 0.3) is 11.5 Å². The number of aromatic nitrogens is 2. The molecular weight excluding hydrogens is 236 g/mol. The van der Waals surface area contributed by atoms with Crippen LogP contribution in [0.4, 0.5) is 0 Å². The van der Waals surface area contributed by atoms with E-state index in [1.54, 1.807) is 18.2 Å². The summed E-state index contributed by atoms with van der Waals surface area (Å²) in [6.07, 6.45) is 0.703. The van der Waals surface area contributed by atoms with Gasteiger partial charge in [-0.1, -0.05) is 0 Å². The lowest BCUT2D eigenvalue weighted by Gasteiger charge is -1.85. The Bertz CT molecular complexity index is 433. The molecule has 13 heavy (non-hydrogen) atoms. The summed E-state index contributed by atoms with van der Waals surface area (Å²) < 4.78 is 5.88. The van der Waals surface area contributed by atoms with Crippen LogP contribution >= 0.6 is 15.9 Å². The van der Waals surface area contributed by atoms with Crippen molar-refractivity contribution in [1.29, 1.82) is 0 Å². The van der Waals surface area contributed by atoms with Gasteiger partial charge >= 0.3 is 0 Å². The zero-order valence-corrected chi connectivity index (χ0v) is 8.04. The predicted molar refractivity (Wildman–Crippen MR) is 49.4 cm³/mol. The number of aromatic amines is 1. The van der Waals surface area contributed by atoms with E-state index in [1.165, 1.54) is 0 Å². The van der Waals surface area contributed by atoms with Gasteiger partial charge in [0.05, 0.1) is 5.69 Å². The van der Waals surface area contributed by atoms with Gasteiger partial charge < -0.3 is 4.42 Å². The van der Waals surface area contributed by atoms with Crippen LogP contribution in [-0.4, -0.2) is 16.5 Å². The van der Waals surface area contributed by atoms with E-state index in [9.17, 15) is 4.79 Å². The average Bonchev–Trinajstić information content (AvgIpc) is 2.71. The van der Waals surface area contributed by atoms with Crippen LogP contribution in [0.3, 0.4) is 0 Å². The number of halogens is 1. The van der Waals surface area contributed by atoms with Gasteiger partial charge in [0.15, 0.2) is 16.7 Å². The highest BCUT2D eigenvalue weighted by Gasteiger charge is 2.06. The molecule has 0 aliphatic rings. The summed E-state index contributed by atoms with van der Waals surface area (Å²) >= 11 is 3.18. The van der Waals surface area contributed by atoms with E-state index in [4.69, 9.17) is 4.42 Å². The molecule has 0 aliphatic carbocycles. The van der Waals surface area contributed by atoms with Crippen molar-refractivity contribution in [3.63, 3.8) is 0 Å². The minimum atomic E-state index is 0.433. The van der Waals surface area contributed by atoms with Gasteiger partial charge in [0.2, 0.25) is 0 Å². The van der Waals surface area contributed by atoms with E-state index < -0.39 is 0 Å². The second-order valence-corrected chi connectivity index (χ2v) is 3.21. The Morgan fingerprint density at radius 1 is 1.54 bits per heavy atom. The van der Waals surface area contributed by atoms with Crippen LogP contribution in [0.15, 0.2) is 27.3 Å². The number of hydrogen-bond acceptors (Lipinski definition) is 3. The van der Waals surface area contributed by atoms with Gasteiger partial charge in [0, 0.05) is 0 Å². The van der Waals surface area contributed by atoms with Crippen LogP contribution in [0.1, 0.15) is 10.5 Å². The first-order valence-corrected chi connectivity index (χ1v) is 4.35. The van der Waals surface area contributed by atoms with Crippen LogP contribution in [0.5, 0.6) is 0 Å². The Hall–Kier alpha value is -1.36. The van der Waals surface area contributed by atoms with Crippen LogP contribution < -0.4 is 0 Å². The van der Waals surface area contributed by atoms with Crippen molar-refractivity contribution in [2.75, 3.05) is 0 Å². The largest absolute Gasteiger partial charge is 0.448 e. The SMILES string of the molecule is O=Cc1cc(-c2ccc(Br)o2)n[nH]1. The maximum atomic E-state index is 10.3. The Labute approximate surface area is 82.1 Å². The quantitative estimate of drug-likeness (QED) is 0.820. The lowest BCUT2D eigenvalue weighted by Crippen LogP contribution is -1.75.